The Morgan fingerprint density at radius 2 is 1.47 bits per heavy atom. The summed E-state index contributed by atoms with van der Waals surface area (Å²) in [6, 6.07) is 22.0. The molecule has 2 nitrogen and oxygen atoms in total. The molecule has 1 fully saturated rings. The number of hydrogen-bond acceptors (Lipinski definition) is 2. The molecule has 2 aromatic rings. The zero-order chi connectivity index (χ0) is 13.1. The van der Waals surface area contributed by atoms with E-state index in [9.17, 15) is 0 Å². The van der Waals surface area contributed by atoms with Gasteiger partial charge in [-0.2, -0.15) is 0 Å². The van der Waals surface area contributed by atoms with Crippen molar-refractivity contribution >= 4 is 18.9 Å². The maximum absolute atomic E-state index is 2.48. The second-order valence-corrected chi connectivity index (χ2v) is 5.18. The minimum absolute atomic E-state index is 0.599. The van der Waals surface area contributed by atoms with Gasteiger partial charge in [-0.3, -0.25) is 0 Å². The fraction of sp³-hybridized carbons (Fsp3) is 0.250. The summed E-state index contributed by atoms with van der Waals surface area (Å²) in [6.45, 7) is 3.45. The van der Waals surface area contributed by atoms with Crippen molar-refractivity contribution < 1.29 is 0 Å². The summed E-state index contributed by atoms with van der Waals surface area (Å²) in [5.41, 5.74) is 2.63. The van der Waals surface area contributed by atoms with Gasteiger partial charge in [0.05, 0.1) is 0 Å². The third-order valence-electron chi connectivity index (χ3n) is 3.88. The van der Waals surface area contributed by atoms with E-state index in [0.29, 0.717) is 6.04 Å². The number of para-hydroxylation sites is 2. The van der Waals surface area contributed by atoms with E-state index < -0.39 is 0 Å². The van der Waals surface area contributed by atoms with E-state index in [1.54, 1.807) is 0 Å². The number of benzene rings is 2. The van der Waals surface area contributed by atoms with Crippen molar-refractivity contribution in [2.45, 2.75) is 19.4 Å². The molecule has 0 spiro atoms. The quantitative estimate of drug-likeness (QED) is 0.756. The van der Waals surface area contributed by atoms with Crippen molar-refractivity contribution in [2.75, 3.05) is 16.2 Å². The van der Waals surface area contributed by atoms with Crippen molar-refractivity contribution in [2.24, 2.45) is 0 Å². The van der Waals surface area contributed by atoms with Gasteiger partial charge in [-0.15, -0.1) is 0 Å². The first kappa shape index (κ1) is 12.2. The summed E-state index contributed by atoms with van der Waals surface area (Å²) in [4.78, 5) is 4.93. The largest absolute Gasteiger partial charge is 0.399 e. The first-order valence-electron chi connectivity index (χ1n) is 6.96. The highest BCUT2D eigenvalue weighted by Gasteiger charge is 2.25. The Bertz CT molecular complexity index is 515. The summed E-state index contributed by atoms with van der Waals surface area (Å²) in [5, 5.41) is 0. The molecular weight excluding hydrogens is 231 g/mol. The summed E-state index contributed by atoms with van der Waals surface area (Å²) in [7, 11) is 0.967. The average molecular weight is 250 g/mol. The highest BCUT2D eigenvalue weighted by Crippen LogP contribution is 2.24. The van der Waals surface area contributed by atoms with E-state index in [2.05, 4.69) is 77.2 Å². The van der Waals surface area contributed by atoms with Gasteiger partial charge in [0.25, 0.3) is 0 Å². The molecule has 19 heavy (non-hydrogen) atoms. The van der Waals surface area contributed by atoms with E-state index in [0.717, 1.165) is 14.1 Å². The predicted octanol–water partition coefficient (Wildman–Crippen LogP) is 3.06. The second-order valence-electron chi connectivity index (χ2n) is 5.18. The van der Waals surface area contributed by atoms with Crippen LogP contribution < -0.4 is 9.62 Å². The number of rotatable bonds is 2. The maximum Gasteiger partial charge on any atom is 0.356 e. The summed E-state index contributed by atoms with van der Waals surface area (Å²) >= 11 is 0. The molecule has 1 aliphatic heterocycles. The monoisotopic (exact) mass is 250 g/mol. The van der Waals surface area contributed by atoms with Gasteiger partial charge in [-0.1, -0.05) is 36.4 Å². The SMILES string of the molecule is CC1CCN(c2ccccc2)BN1c1ccccc1. The Labute approximate surface area is 115 Å². The van der Waals surface area contributed by atoms with Gasteiger partial charge in [-0.05, 0) is 37.6 Å². The Kier molecular flexibility index (Phi) is 3.45. The lowest BCUT2D eigenvalue weighted by Gasteiger charge is -2.42. The molecule has 3 rings (SSSR count). The van der Waals surface area contributed by atoms with Gasteiger partial charge < -0.3 is 9.62 Å². The molecule has 96 valence electrons. The molecule has 0 saturated carbocycles. The molecule has 0 aliphatic carbocycles. The van der Waals surface area contributed by atoms with Crippen molar-refractivity contribution in [3.05, 3.63) is 60.7 Å². The lowest BCUT2D eigenvalue weighted by atomic mass is 9.91. The predicted molar refractivity (Wildman–Crippen MR) is 83.9 cm³/mol. The molecular formula is C16H19BN2. The lowest BCUT2D eigenvalue weighted by Crippen LogP contribution is -2.52. The van der Waals surface area contributed by atoms with Crippen LogP contribution in [0.2, 0.25) is 0 Å². The smallest absolute Gasteiger partial charge is 0.356 e. The van der Waals surface area contributed by atoms with Gasteiger partial charge in [0, 0.05) is 24.0 Å². The van der Waals surface area contributed by atoms with Crippen LogP contribution in [0.5, 0.6) is 0 Å². The normalized spacial score (nSPS) is 19.1. The summed E-state index contributed by atoms with van der Waals surface area (Å²) in [6.07, 6.45) is 1.20. The van der Waals surface area contributed by atoms with Gasteiger partial charge in [0.1, 0.15) is 0 Å². The van der Waals surface area contributed by atoms with E-state index >= 15 is 0 Å². The topological polar surface area (TPSA) is 6.48 Å². The Balaban J connectivity index is 1.82. The zero-order valence-electron chi connectivity index (χ0n) is 11.4. The molecule has 1 aliphatic rings. The van der Waals surface area contributed by atoms with Crippen LogP contribution in [0.4, 0.5) is 11.4 Å². The van der Waals surface area contributed by atoms with Gasteiger partial charge in [-0.25, -0.2) is 0 Å². The van der Waals surface area contributed by atoms with Gasteiger partial charge >= 0.3 is 7.55 Å². The standard InChI is InChI=1S/C16H19BN2/c1-14-12-13-18(15-8-4-2-5-9-15)17-19(14)16-10-6-3-7-11-16/h2-11,14,17H,12-13H2,1H3. The van der Waals surface area contributed by atoms with Crippen molar-refractivity contribution in [1.29, 1.82) is 0 Å². The van der Waals surface area contributed by atoms with Crippen LogP contribution >= 0.6 is 0 Å². The maximum atomic E-state index is 2.48. The first-order valence-corrected chi connectivity index (χ1v) is 6.96. The van der Waals surface area contributed by atoms with Crippen LogP contribution in [0.3, 0.4) is 0 Å². The lowest BCUT2D eigenvalue weighted by molar-refractivity contribution is 0.643. The number of hydrogen-bond donors (Lipinski definition) is 0. The van der Waals surface area contributed by atoms with Crippen LogP contribution in [-0.4, -0.2) is 20.1 Å². The van der Waals surface area contributed by atoms with Crippen molar-refractivity contribution in [1.82, 2.24) is 0 Å². The molecule has 3 heteroatoms. The average Bonchev–Trinajstić information content (AvgIpc) is 2.49. The van der Waals surface area contributed by atoms with Crippen LogP contribution in [0.25, 0.3) is 0 Å². The fourth-order valence-electron chi connectivity index (χ4n) is 2.70. The van der Waals surface area contributed by atoms with Crippen molar-refractivity contribution in [3.63, 3.8) is 0 Å². The van der Waals surface area contributed by atoms with E-state index in [1.165, 1.54) is 17.8 Å². The summed E-state index contributed by atoms with van der Waals surface area (Å²) < 4.78 is 0. The number of anilines is 2. The summed E-state index contributed by atoms with van der Waals surface area (Å²) in [5.74, 6) is 0. The Morgan fingerprint density at radius 3 is 2.11 bits per heavy atom. The molecule has 2 aromatic carbocycles. The molecule has 0 N–H and O–H groups in total. The van der Waals surface area contributed by atoms with Gasteiger partial charge in [0.15, 0.2) is 0 Å². The molecule has 0 amide bonds. The first-order chi connectivity index (χ1) is 9.34. The highest BCUT2D eigenvalue weighted by molar-refractivity contribution is 6.47. The van der Waals surface area contributed by atoms with Crippen LogP contribution in [0, 0.1) is 0 Å². The molecule has 0 bridgehead atoms. The van der Waals surface area contributed by atoms with Crippen LogP contribution in [0.1, 0.15) is 13.3 Å². The van der Waals surface area contributed by atoms with E-state index in [1.807, 2.05) is 0 Å². The van der Waals surface area contributed by atoms with E-state index in [4.69, 9.17) is 0 Å². The van der Waals surface area contributed by atoms with Crippen molar-refractivity contribution in [3.8, 4) is 0 Å². The molecule has 1 saturated heterocycles. The van der Waals surface area contributed by atoms with Gasteiger partial charge in [0.2, 0.25) is 0 Å². The second kappa shape index (κ2) is 5.39. The Morgan fingerprint density at radius 1 is 0.895 bits per heavy atom. The number of nitrogens with zero attached hydrogens (tertiary/aromatic N) is 2. The van der Waals surface area contributed by atoms with Crippen LogP contribution in [0.15, 0.2) is 60.7 Å². The molecule has 0 radical (unpaired) electrons. The molecule has 1 heterocycles. The fourth-order valence-corrected chi connectivity index (χ4v) is 2.70. The molecule has 1 atom stereocenters. The van der Waals surface area contributed by atoms with E-state index in [-0.39, 0.29) is 0 Å². The minimum atomic E-state index is 0.599. The molecule has 0 aromatic heterocycles. The third kappa shape index (κ3) is 2.60. The third-order valence-corrected chi connectivity index (χ3v) is 3.88. The highest BCUT2D eigenvalue weighted by atomic mass is 15.2. The minimum Gasteiger partial charge on any atom is -0.399 e. The van der Waals surface area contributed by atoms with Crippen LogP contribution in [-0.2, 0) is 0 Å². The Hall–Kier alpha value is -1.90. The zero-order valence-corrected chi connectivity index (χ0v) is 11.4. The molecule has 1 unspecified atom stereocenters.